The SMILES string of the molecule is CCCCCC(O)c1cccc(O)c1. The van der Waals surface area contributed by atoms with Crippen molar-refractivity contribution in [2.45, 2.75) is 38.7 Å². The summed E-state index contributed by atoms with van der Waals surface area (Å²) < 4.78 is 0. The van der Waals surface area contributed by atoms with Crippen LogP contribution in [0.3, 0.4) is 0 Å². The van der Waals surface area contributed by atoms with Gasteiger partial charge in [-0.05, 0) is 24.1 Å². The first kappa shape index (κ1) is 11.1. The number of phenols is 1. The van der Waals surface area contributed by atoms with Crippen molar-refractivity contribution >= 4 is 0 Å². The third kappa shape index (κ3) is 3.38. The van der Waals surface area contributed by atoms with Crippen molar-refractivity contribution < 1.29 is 10.2 Å². The quantitative estimate of drug-likeness (QED) is 0.707. The largest absolute Gasteiger partial charge is 0.508 e. The molecule has 0 aliphatic carbocycles. The minimum Gasteiger partial charge on any atom is -0.508 e. The van der Waals surface area contributed by atoms with Gasteiger partial charge in [-0.15, -0.1) is 0 Å². The van der Waals surface area contributed by atoms with E-state index in [0.29, 0.717) is 0 Å². The van der Waals surface area contributed by atoms with Gasteiger partial charge in [-0.1, -0.05) is 38.3 Å². The Balaban J connectivity index is 2.47. The minimum atomic E-state index is -0.436. The van der Waals surface area contributed by atoms with Crippen LogP contribution in [0.15, 0.2) is 24.3 Å². The van der Waals surface area contributed by atoms with Gasteiger partial charge in [0.05, 0.1) is 6.10 Å². The lowest BCUT2D eigenvalue weighted by Gasteiger charge is -2.10. The second-order valence-corrected chi connectivity index (χ2v) is 3.61. The molecule has 0 aliphatic rings. The highest BCUT2D eigenvalue weighted by atomic mass is 16.3. The number of aliphatic hydroxyl groups is 1. The molecule has 0 aliphatic heterocycles. The molecule has 2 nitrogen and oxygen atoms in total. The lowest BCUT2D eigenvalue weighted by Crippen LogP contribution is -1.96. The van der Waals surface area contributed by atoms with Crippen LogP contribution in [0.4, 0.5) is 0 Å². The summed E-state index contributed by atoms with van der Waals surface area (Å²) in [4.78, 5) is 0. The van der Waals surface area contributed by atoms with Gasteiger partial charge in [-0.3, -0.25) is 0 Å². The van der Waals surface area contributed by atoms with E-state index in [1.807, 2.05) is 6.07 Å². The van der Waals surface area contributed by atoms with Gasteiger partial charge >= 0.3 is 0 Å². The first-order chi connectivity index (χ1) is 6.74. The van der Waals surface area contributed by atoms with Crippen LogP contribution in [0, 0.1) is 0 Å². The van der Waals surface area contributed by atoms with Crippen molar-refractivity contribution in [3.63, 3.8) is 0 Å². The van der Waals surface area contributed by atoms with Crippen molar-refractivity contribution in [3.05, 3.63) is 29.8 Å². The fourth-order valence-corrected chi connectivity index (χ4v) is 1.49. The third-order valence-electron chi connectivity index (χ3n) is 2.34. The smallest absolute Gasteiger partial charge is 0.115 e. The van der Waals surface area contributed by atoms with Gasteiger partial charge in [-0.25, -0.2) is 0 Å². The maximum absolute atomic E-state index is 9.76. The number of hydrogen-bond acceptors (Lipinski definition) is 2. The number of aromatic hydroxyl groups is 1. The molecule has 0 saturated heterocycles. The van der Waals surface area contributed by atoms with E-state index in [9.17, 15) is 10.2 Å². The molecule has 0 aromatic heterocycles. The van der Waals surface area contributed by atoms with Crippen molar-refractivity contribution in [2.75, 3.05) is 0 Å². The topological polar surface area (TPSA) is 40.5 Å². The van der Waals surface area contributed by atoms with Gasteiger partial charge in [0.2, 0.25) is 0 Å². The highest BCUT2D eigenvalue weighted by molar-refractivity contribution is 5.28. The standard InChI is InChI=1S/C12H18O2/c1-2-3-4-8-12(14)10-6-5-7-11(13)9-10/h5-7,9,12-14H,2-4,8H2,1H3. The summed E-state index contributed by atoms with van der Waals surface area (Å²) >= 11 is 0. The van der Waals surface area contributed by atoms with E-state index in [0.717, 1.165) is 31.2 Å². The van der Waals surface area contributed by atoms with Crippen LogP contribution >= 0.6 is 0 Å². The third-order valence-corrected chi connectivity index (χ3v) is 2.34. The van der Waals surface area contributed by atoms with E-state index in [2.05, 4.69) is 6.92 Å². The number of benzene rings is 1. The number of hydrogen-bond donors (Lipinski definition) is 2. The molecule has 0 heterocycles. The Morgan fingerprint density at radius 3 is 2.71 bits per heavy atom. The Bertz CT molecular complexity index is 271. The maximum atomic E-state index is 9.76. The molecular formula is C12H18O2. The number of rotatable bonds is 5. The normalized spacial score (nSPS) is 12.7. The number of unbranched alkanes of at least 4 members (excludes halogenated alkanes) is 2. The van der Waals surface area contributed by atoms with Crippen LogP contribution in [-0.4, -0.2) is 10.2 Å². The predicted octanol–water partition coefficient (Wildman–Crippen LogP) is 3.01. The van der Waals surface area contributed by atoms with E-state index >= 15 is 0 Å². The van der Waals surface area contributed by atoms with Crippen molar-refractivity contribution in [1.29, 1.82) is 0 Å². The Labute approximate surface area is 85.2 Å². The predicted molar refractivity (Wildman–Crippen MR) is 57.2 cm³/mol. The van der Waals surface area contributed by atoms with E-state index in [-0.39, 0.29) is 5.75 Å². The second-order valence-electron chi connectivity index (χ2n) is 3.61. The van der Waals surface area contributed by atoms with E-state index < -0.39 is 6.10 Å². The van der Waals surface area contributed by atoms with Gasteiger partial charge in [-0.2, -0.15) is 0 Å². The molecule has 0 saturated carbocycles. The molecule has 78 valence electrons. The molecule has 14 heavy (non-hydrogen) atoms. The molecule has 1 unspecified atom stereocenters. The molecule has 0 bridgehead atoms. The lowest BCUT2D eigenvalue weighted by molar-refractivity contribution is 0.163. The van der Waals surface area contributed by atoms with Gasteiger partial charge < -0.3 is 10.2 Å². The fourth-order valence-electron chi connectivity index (χ4n) is 1.49. The Hall–Kier alpha value is -1.02. The Morgan fingerprint density at radius 2 is 2.07 bits per heavy atom. The van der Waals surface area contributed by atoms with Crippen molar-refractivity contribution in [3.8, 4) is 5.75 Å². The first-order valence-corrected chi connectivity index (χ1v) is 5.21. The van der Waals surface area contributed by atoms with Crippen LogP contribution in [0.25, 0.3) is 0 Å². The summed E-state index contributed by atoms with van der Waals surface area (Å²) in [7, 11) is 0. The molecule has 0 amide bonds. The van der Waals surface area contributed by atoms with Gasteiger partial charge in [0.1, 0.15) is 5.75 Å². The van der Waals surface area contributed by atoms with Crippen LogP contribution in [0.1, 0.15) is 44.3 Å². The van der Waals surface area contributed by atoms with Crippen molar-refractivity contribution in [1.82, 2.24) is 0 Å². The summed E-state index contributed by atoms with van der Waals surface area (Å²) in [6.07, 6.45) is 3.68. The highest BCUT2D eigenvalue weighted by Gasteiger charge is 2.06. The molecule has 2 N–H and O–H groups in total. The second kappa shape index (κ2) is 5.66. The number of aliphatic hydroxyl groups excluding tert-OH is 1. The summed E-state index contributed by atoms with van der Waals surface area (Å²) in [5, 5.41) is 19.0. The zero-order chi connectivity index (χ0) is 10.4. The molecule has 0 radical (unpaired) electrons. The molecule has 1 aromatic rings. The molecular weight excluding hydrogens is 176 g/mol. The van der Waals surface area contributed by atoms with Crippen LogP contribution in [0.2, 0.25) is 0 Å². The molecule has 1 rings (SSSR count). The summed E-state index contributed by atoms with van der Waals surface area (Å²) in [5.74, 6) is 0.219. The zero-order valence-electron chi connectivity index (χ0n) is 8.61. The molecule has 0 spiro atoms. The fraction of sp³-hybridized carbons (Fsp3) is 0.500. The van der Waals surface area contributed by atoms with Gasteiger partial charge in [0.15, 0.2) is 0 Å². The van der Waals surface area contributed by atoms with E-state index in [4.69, 9.17) is 0 Å². The van der Waals surface area contributed by atoms with Crippen LogP contribution in [-0.2, 0) is 0 Å². The first-order valence-electron chi connectivity index (χ1n) is 5.21. The summed E-state index contributed by atoms with van der Waals surface area (Å²) in [6.45, 7) is 2.14. The summed E-state index contributed by atoms with van der Waals surface area (Å²) in [5.41, 5.74) is 0.807. The molecule has 1 aromatic carbocycles. The van der Waals surface area contributed by atoms with Crippen molar-refractivity contribution in [2.24, 2.45) is 0 Å². The Morgan fingerprint density at radius 1 is 1.29 bits per heavy atom. The molecule has 1 atom stereocenters. The molecule has 0 fully saturated rings. The lowest BCUT2D eigenvalue weighted by atomic mass is 10.0. The average Bonchev–Trinajstić information content (AvgIpc) is 2.18. The average molecular weight is 194 g/mol. The summed E-state index contributed by atoms with van der Waals surface area (Å²) in [6, 6.07) is 6.84. The van der Waals surface area contributed by atoms with E-state index in [1.54, 1.807) is 18.2 Å². The van der Waals surface area contributed by atoms with Crippen LogP contribution in [0.5, 0.6) is 5.75 Å². The number of phenolic OH excluding ortho intramolecular Hbond substituents is 1. The van der Waals surface area contributed by atoms with E-state index in [1.165, 1.54) is 0 Å². The minimum absolute atomic E-state index is 0.219. The monoisotopic (exact) mass is 194 g/mol. The molecule has 2 heteroatoms. The van der Waals surface area contributed by atoms with Gasteiger partial charge in [0, 0.05) is 0 Å². The highest BCUT2D eigenvalue weighted by Crippen LogP contribution is 2.22. The maximum Gasteiger partial charge on any atom is 0.115 e. The van der Waals surface area contributed by atoms with Gasteiger partial charge in [0.25, 0.3) is 0 Å². The Kier molecular flexibility index (Phi) is 4.47. The van der Waals surface area contributed by atoms with Crippen LogP contribution < -0.4 is 0 Å². The zero-order valence-corrected chi connectivity index (χ0v) is 8.61.